The molecule has 2 N–H and O–H groups in total. The van der Waals surface area contributed by atoms with Gasteiger partial charge in [-0.05, 0) is 44.2 Å². The molecule has 7 heteroatoms. The van der Waals surface area contributed by atoms with Crippen LogP contribution < -0.4 is 21.1 Å². The fourth-order valence-electron chi connectivity index (χ4n) is 4.73. The maximum atomic E-state index is 13.1. The lowest BCUT2D eigenvalue weighted by Crippen LogP contribution is -2.51. The Balaban J connectivity index is 1.40. The van der Waals surface area contributed by atoms with Crippen LogP contribution in [0.5, 0.6) is 0 Å². The van der Waals surface area contributed by atoms with Crippen molar-refractivity contribution in [2.45, 2.75) is 76.9 Å². The first-order valence-electron chi connectivity index (χ1n) is 11.5. The molecule has 7 nitrogen and oxygen atoms in total. The Kier molecular flexibility index (Phi) is 6.55. The predicted molar refractivity (Wildman–Crippen MR) is 120 cm³/mol. The van der Waals surface area contributed by atoms with E-state index < -0.39 is 0 Å². The van der Waals surface area contributed by atoms with Gasteiger partial charge in [-0.25, -0.2) is 9.78 Å². The molecular weight excluding hydrogens is 378 g/mol. The molecule has 0 spiro atoms. The third-order valence-corrected chi connectivity index (χ3v) is 6.35. The highest BCUT2D eigenvalue weighted by atomic mass is 16.2. The molecule has 2 heterocycles. The SMILES string of the molecule is CCCn1c(=O)c(N2CCC(NC(=O)NC3CCCCC3)CC2)nc2ccccc21. The van der Waals surface area contributed by atoms with E-state index in [0.29, 0.717) is 18.4 Å². The summed E-state index contributed by atoms with van der Waals surface area (Å²) in [6.07, 6.45) is 8.40. The van der Waals surface area contributed by atoms with Crippen LogP contribution in [0.3, 0.4) is 0 Å². The molecule has 1 aliphatic heterocycles. The fourth-order valence-corrected chi connectivity index (χ4v) is 4.73. The molecule has 30 heavy (non-hydrogen) atoms. The number of hydrogen-bond donors (Lipinski definition) is 2. The zero-order valence-corrected chi connectivity index (χ0v) is 17.9. The molecule has 1 aliphatic carbocycles. The highest BCUT2D eigenvalue weighted by Crippen LogP contribution is 2.20. The summed E-state index contributed by atoms with van der Waals surface area (Å²) in [5.41, 5.74) is 1.73. The number of carbonyl (C=O) groups excluding carboxylic acids is 1. The maximum Gasteiger partial charge on any atom is 0.315 e. The van der Waals surface area contributed by atoms with Crippen molar-refractivity contribution in [2.24, 2.45) is 0 Å². The van der Waals surface area contributed by atoms with Crippen molar-refractivity contribution in [3.63, 3.8) is 0 Å². The second-order valence-electron chi connectivity index (χ2n) is 8.59. The van der Waals surface area contributed by atoms with E-state index in [4.69, 9.17) is 4.98 Å². The first-order valence-corrected chi connectivity index (χ1v) is 11.5. The molecule has 1 saturated heterocycles. The van der Waals surface area contributed by atoms with E-state index in [0.717, 1.165) is 56.2 Å². The van der Waals surface area contributed by atoms with Crippen LogP contribution in [0.4, 0.5) is 10.6 Å². The number of urea groups is 1. The van der Waals surface area contributed by atoms with Crippen molar-refractivity contribution >= 4 is 22.9 Å². The summed E-state index contributed by atoms with van der Waals surface area (Å²) < 4.78 is 1.85. The molecule has 0 unspecified atom stereocenters. The predicted octanol–water partition coefficient (Wildman–Crippen LogP) is 3.41. The molecule has 2 aromatic rings. The minimum absolute atomic E-state index is 0.0167. The van der Waals surface area contributed by atoms with E-state index in [-0.39, 0.29) is 17.6 Å². The number of amides is 2. The van der Waals surface area contributed by atoms with Crippen LogP contribution in [0.15, 0.2) is 29.1 Å². The van der Waals surface area contributed by atoms with E-state index in [1.807, 2.05) is 28.8 Å². The summed E-state index contributed by atoms with van der Waals surface area (Å²) >= 11 is 0. The molecule has 2 aliphatic rings. The molecule has 2 fully saturated rings. The number of aromatic nitrogens is 2. The van der Waals surface area contributed by atoms with E-state index >= 15 is 0 Å². The zero-order chi connectivity index (χ0) is 20.9. The monoisotopic (exact) mass is 411 g/mol. The number of piperidine rings is 1. The number of benzene rings is 1. The van der Waals surface area contributed by atoms with Gasteiger partial charge >= 0.3 is 6.03 Å². The van der Waals surface area contributed by atoms with Gasteiger partial charge in [0, 0.05) is 31.7 Å². The lowest BCUT2D eigenvalue weighted by molar-refractivity contribution is 0.226. The summed E-state index contributed by atoms with van der Waals surface area (Å²) in [4.78, 5) is 32.3. The van der Waals surface area contributed by atoms with Gasteiger partial charge in [-0.2, -0.15) is 0 Å². The lowest BCUT2D eigenvalue weighted by Gasteiger charge is -2.33. The molecular formula is C23H33N5O2. The number of nitrogens with zero attached hydrogens (tertiary/aromatic N) is 3. The third-order valence-electron chi connectivity index (χ3n) is 6.35. The van der Waals surface area contributed by atoms with Gasteiger partial charge in [0.15, 0.2) is 5.82 Å². The van der Waals surface area contributed by atoms with Gasteiger partial charge in [-0.15, -0.1) is 0 Å². The minimum Gasteiger partial charge on any atom is -0.352 e. The second kappa shape index (κ2) is 9.49. The van der Waals surface area contributed by atoms with Gasteiger partial charge < -0.3 is 20.1 Å². The Labute approximate surface area is 177 Å². The van der Waals surface area contributed by atoms with E-state index in [1.165, 1.54) is 19.3 Å². The van der Waals surface area contributed by atoms with Crippen molar-refractivity contribution in [3.8, 4) is 0 Å². The normalized spacial score (nSPS) is 18.5. The van der Waals surface area contributed by atoms with E-state index in [9.17, 15) is 9.59 Å². The summed E-state index contributed by atoms with van der Waals surface area (Å²) in [5, 5.41) is 6.26. The van der Waals surface area contributed by atoms with Crippen molar-refractivity contribution in [1.29, 1.82) is 0 Å². The molecule has 1 aromatic heterocycles. The van der Waals surface area contributed by atoms with Crippen molar-refractivity contribution < 1.29 is 4.79 Å². The summed E-state index contributed by atoms with van der Waals surface area (Å²) in [6, 6.07) is 8.25. The molecule has 0 bridgehead atoms. The Bertz CT molecular complexity index is 927. The number of carbonyl (C=O) groups is 1. The van der Waals surface area contributed by atoms with Gasteiger partial charge in [-0.1, -0.05) is 38.3 Å². The van der Waals surface area contributed by atoms with Crippen LogP contribution in [0.2, 0.25) is 0 Å². The van der Waals surface area contributed by atoms with Crippen molar-refractivity contribution in [3.05, 3.63) is 34.6 Å². The van der Waals surface area contributed by atoms with Gasteiger partial charge in [0.25, 0.3) is 5.56 Å². The van der Waals surface area contributed by atoms with Crippen LogP contribution in [-0.2, 0) is 6.54 Å². The molecule has 4 rings (SSSR count). The summed E-state index contributed by atoms with van der Waals surface area (Å²) in [5.74, 6) is 0.534. The van der Waals surface area contributed by atoms with Gasteiger partial charge in [-0.3, -0.25) is 4.79 Å². The highest BCUT2D eigenvalue weighted by Gasteiger charge is 2.25. The Morgan fingerprint density at radius 1 is 1.03 bits per heavy atom. The van der Waals surface area contributed by atoms with Crippen LogP contribution in [0.25, 0.3) is 11.0 Å². The number of nitrogens with one attached hydrogen (secondary N) is 2. The van der Waals surface area contributed by atoms with E-state index in [2.05, 4.69) is 22.5 Å². The van der Waals surface area contributed by atoms with E-state index in [1.54, 1.807) is 0 Å². The zero-order valence-electron chi connectivity index (χ0n) is 17.9. The second-order valence-corrected chi connectivity index (χ2v) is 8.59. The average molecular weight is 412 g/mol. The third kappa shape index (κ3) is 4.60. The van der Waals surface area contributed by atoms with Crippen molar-refractivity contribution in [2.75, 3.05) is 18.0 Å². The summed E-state index contributed by atoms with van der Waals surface area (Å²) in [6.45, 7) is 4.22. The molecule has 1 saturated carbocycles. The van der Waals surface area contributed by atoms with Crippen LogP contribution >= 0.6 is 0 Å². The summed E-state index contributed by atoms with van der Waals surface area (Å²) in [7, 11) is 0. The topological polar surface area (TPSA) is 79.3 Å². The Hall–Kier alpha value is -2.57. The maximum absolute atomic E-state index is 13.1. The molecule has 0 radical (unpaired) electrons. The largest absolute Gasteiger partial charge is 0.352 e. The van der Waals surface area contributed by atoms with Crippen molar-refractivity contribution in [1.82, 2.24) is 20.2 Å². The standard InChI is InChI=1S/C23H33N5O2/c1-2-14-28-20-11-7-6-10-19(20)26-21(22(28)29)27-15-12-18(13-16-27)25-23(30)24-17-8-4-3-5-9-17/h6-7,10-11,17-18H,2-5,8-9,12-16H2,1H3,(H2,24,25,30). The lowest BCUT2D eigenvalue weighted by atomic mass is 9.96. The molecule has 162 valence electrons. The highest BCUT2D eigenvalue weighted by molar-refractivity contribution is 5.76. The first-order chi connectivity index (χ1) is 14.7. The first kappa shape index (κ1) is 20.7. The molecule has 1 aromatic carbocycles. The van der Waals surface area contributed by atoms with Crippen LogP contribution in [0.1, 0.15) is 58.3 Å². The van der Waals surface area contributed by atoms with Gasteiger partial charge in [0.1, 0.15) is 0 Å². The van der Waals surface area contributed by atoms with Gasteiger partial charge in [0.05, 0.1) is 11.0 Å². The fraction of sp³-hybridized carbons (Fsp3) is 0.609. The smallest absolute Gasteiger partial charge is 0.315 e. The van der Waals surface area contributed by atoms with Crippen LogP contribution in [0, 0.1) is 0 Å². The number of hydrogen-bond acceptors (Lipinski definition) is 4. The quantitative estimate of drug-likeness (QED) is 0.790. The average Bonchev–Trinajstić information content (AvgIpc) is 2.77. The number of para-hydroxylation sites is 2. The molecule has 0 atom stereocenters. The van der Waals surface area contributed by atoms with Gasteiger partial charge in [0.2, 0.25) is 0 Å². The molecule has 2 amide bonds. The van der Waals surface area contributed by atoms with Crippen LogP contribution in [-0.4, -0.2) is 40.8 Å². The number of anilines is 1. The number of fused-ring (bicyclic) bond motifs is 1. The number of aryl methyl sites for hydroxylation is 1. The Morgan fingerprint density at radius 2 is 1.70 bits per heavy atom. The Morgan fingerprint density at radius 3 is 2.40 bits per heavy atom. The minimum atomic E-state index is -0.0468. The number of rotatable bonds is 5.